The maximum Gasteiger partial charge on any atom is 0.243 e. The van der Waals surface area contributed by atoms with Gasteiger partial charge in [0.1, 0.15) is 0 Å². The van der Waals surface area contributed by atoms with E-state index < -0.39 is 17.6 Å². The molecule has 2 atom stereocenters. The molecule has 0 unspecified atom stereocenters. The summed E-state index contributed by atoms with van der Waals surface area (Å²) >= 11 is 1.28. The van der Waals surface area contributed by atoms with Crippen molar-refractivity contribution in [3.05, 3.63) is 5.82 Å². The predicted octanol–water partition coefficient (Wildman–Crippen LogP) is 1.35. The highest BCUT2D eigenvalue weighted by atomic mass is 32.2. The number of nitrogens with one attached hydrogen (secondary N) is 2. The Morgan fingerprint density at radius 1 is 1.34 bits per heavy atom. The summed E-state index contributed by atoms with van der Waals surface area (Å²) in [6, 6.07) is 0.177. The minimum atomic E-state index is -0.641. The zero-order valence-electron chi connectivity index (χ0n) is 20.0. The highest BCUT2D eigenvalue weighted by Gasteiger charge is 2.32. The van der Waals surface area contributed by atoms with Gasteiger partial charge in [-0.3, -0.25) is 30.5 Å². The molecule has 0 aromatic carbocycles. The second-order valence-electron chi connectivity index (χ2n) is 9.33. The monoisotopic (exact) mass is 511 g/mol. The number of morpholine rings is 1. The molecule has 35 heavy (non-hydrogen) atoms. The summed E-state index contributed by atoms with van der Waals surface area (Å²) in [6.07, 6.45) is 6.89. The average molecular weight is 512 g/mol. The van der Waals surface area contributed by atoms with Crippen LogP contribution in [0.15, 0.2) is 5.16 Å². The Balaban J connectivity index is 1.45. The molecule has 3 heterocycles. The van der Waals surface area contributed by atoms with Crippen LogP contribution < -0.4 is 15.8 Å². The number of hydrogen-bond acceptors (Lipinski definition) is 10. The van der Waals surface area contributed by atoms with E-state index in [1.54, 1.807) is 6.26 Å². The van der Waals surface area contributed by atoms with Crippen molar-refractivity contribution < 1.29 is 23.9 Å². The molecule has 1 aliphatic carbocycles. The Kier molecular flexibility index (Phi) is 8.98. The van der Waals surface area contributed by atoms with E-state index in [0.717, 1.165) is 38.8 Å². The molecule has 3 N–H and O–H groups in total. The van der Waals surface area contributed by atoms with Crippen molar-refractivity contribution in [1.29, 1.82) is 0 Å². The summed E-state index contributed by atoms with van der Waals surface area (Å²) in [7, 11) is 0. The number of fused-ring (bicyclic) bond motifs is 1. The fourth-order valence-corrected chi connectivity index (χ4v) is 5.50. The molecule has 0 radical (unpaired) electrons. The van der Waals surface area contributed by atoms with E-state index in [-0.39, 0.29) is 30.6 Å². The molecular formula is C22H34FN7O4S. The number of carbonyl (C=O) groups excluding carboxylic acids is 2. The molecule has 13 heteroatoms. The van der Waals surface area contributed by atoms with Crippen molar-refractivity contribution in [3.8, 4) is 0 Å². The maximum atomic E-state index is 15.5. The van der Waals surface area contributed by atoms with Crippen LogP contribution in [-0.4, -0.2) is 95.7 Å². The van der Waals surface area contributed by atoms with E-state index in [9.17, 15) is 14.8 Å². The highest BCUT2D eigenvalue weighted by Crippen LogP contribution is 2.31. The van der Waals surface area contributed by atoms with Crippen molar-refractivity contribution in [2.24, 2.45) is 11.8 Å². The first-order valence-corrected chi connectivity index (χ1v) is 13.4. The third-order valence-corrected chi connectivity index (χ3v) is 7.58. The number of piperazine rings is 1. The lowest BCUT2D eigenvalue weighted by Crippen LogP contribution is -2.58. The summed E-state index contributed by atoms with van der Waals surface area (Å²) in [6.45, 7) is 4.07. The van der Waals surface area contributed by atoms with Gasteiger partial charge < -0.3 is 9.64 Å². The van der Waals surface area contributed by atoms with Crippen molar-refractivity contribution in [3.63, 3.8) is 0 Å². The average Bonchev–Trinajstić information content (AvgIpc) is 3.40. The van der Waals surface area contributed by atoms with Gasteiger partial charge in [-0.25, -0.2) is 15.0 Å². The zero-order chi connectivity index (χ0) is 24.8. The van der Waals surface area contributed by atoms with E-state index in [1.165, 1.54) is 11.8 Å². The fourth-order valence-electron chi connectivity index (χ4n) is 5.14. The lowest BCUT2D eigenvalue weighted by Gasteiger charge is -2.44. The largest absolute Gasteiger partial charge is 0.378 e. The fraction of sp³-hybridized carbons (Fsp3) is 0.727. The molecule has 1 saturated carbocycles. The maximum absolute atomic E-state index is 15.5. The number of halogens is 1. The third kappa shape index (κ3) is 6.51. The molecule has 0 spiro atoms. The van der Waals surface area contributed by atoms with Crippen LogP contribution in [0.1, 0.15) is 32.1 Å². The van der Waals surface area contributed by atoms with Crippen molar-refractivity contribution >= 4 is 35.7 Å². The van der Waals surface area contributed by atoms with Crippen molar-refractivity contribution in [2.45, 2.75) is 43.3 Å². The molecule has 2 amide bonds. The van der Waals surface area contributed by atoms with E-state index in [4.69, 9.17) is 4.74 Å². The van der Waals surface area contributed by atoms with Crippen LogP contribution in [0.2, 0.25) is 0 Å². The molecule has 4 rings (SSSR count). The Morgan fingerprint density at radius 2 is 2.14 bits per heavy atom. The number of anilines is 2. The number of hydrazine groups is 1. The van der Waals surface area contributed by atoms with Crippen LogP contribution >= 0.6 is 11.8 Å². The van der Waals surface area contributed by atoms with Gasteiger partial charge in [0, 0.05) is 26.2 Å². The summed E-state index contributed by atoms with van der Waals surface area (Å²) in [5.41, 5.74) is 5.17. The van der Waals surface area contributed by atoms with Crippen LogP contribution in [0, 0.1) is 17.7 Å². The molecule has 1 aromatic heterocycles. The number of ether oxygens (including phenoxy) is 1. The zero-order valence-corrected chi connectivity index (χ0v) is 20.8. The molecule has 2 aliphatic heterocycles. The summed E-state index contributed by atoms with van der Waals surface area (Å²) < 4.78 is 21.1. The molecule has 3 aliphatic rings. The molecule has 3 fully saturated rings. The number of amides is 2. The lowest BCUT2D eigenvalue weighted by atomic mass is 9.92. The van der Waals surface area contributed by atoms with Crippen LogP contribution in [0.3, 0.4) is 0 Å². The topological polar surface area (TPSA) is 123 Å². The Bertz CT molecular complexity index is 892. The lowest BCUT2D eigenvalue weighted by molar-refractivity contribution is -0.154. The number of carbonyl (C=O) groups is 2. The number of hydrogen-bond donors (Lipinski definition) is 3. The Hall–Kier alpha value is -2.22. The van der Waals surface area contributed by atoms with Gasteiger partial charge in [0.05, 0.1) is 31.7 Å². The van der Waals surface area contributed by atoms with Crippen LogP contribution in [0.4, 0.5) is 16.0 Å². The van der Waals surface area contributed by atoms with Crippen molar-refractivity contribution in [2.75, 3.05) is 62.5 Å². The van der Waals surface area contributed by atoms with Crippen LogP contribution in [0.5, 0.6) is 0 Å². The number of hydroxylamine groups is 2. The first kappa shape index (κ1) is 25.9. The van der Waals surface area contributed by atoms with Gasteiger partial charge in [-0.15, -0.1) is 0 Å². The molecule has 0 bridgehead atoms. The van der Waals surface area contributed by atoms with E-state index in [0.29, 0.717) is 48.9 Å². The van der Waals surface area contributed by atoms with Gasteiger partial charge in [-0.05, 0) is 18.6 Å². The molecule has 2 saturated heterocycles. The van der Waals surface area contributed by atoms with Gasteiger partial charge in [0.25, 0.3) is 0 Å². The molecule has 11 nitrogen and oxygen atoms in total. The molecule has 194 valence electrons. The van der Waals surface area contributed by atoms with Gasteiger partial charge in [0.15, 0.2) is 16.8 Å². The first-order valence-electron chi connectivity index (χ1n) is 12.1. The van der Waals surface area contributed by atoms with Gasteiger partial charge in [-0.2, -0.15) is 4.39 Å². The second-order valence-corrected chi connectivity index (χ2v) is 10.1. The van der Waals surface area contributed by atoms with E-state index in [1.807, 2.05) is 4.90 Å². The molecular weight excluding hydrogens is 477 g/mol. The molecule has 1 aromatic rings. The second kappa shape index (κ2) is 12.2. The third-order valence-electron chi connectivity index (χ3n) is 7.03. The summed E-state index contributed by atoms with van der Waals surface area (Å²) in [5.74, 6) is -1.28. The van der Waals surface area contributed by atoms with Crippen LogP contribution in [-0.2, 0) is 14.3 Å². The minimum absolute atomic E-state index is 0.120. The Morgan fingerprint density at radius 3 is 2.89 bits per heavy atom. The standard InChI is InChI=1S/C22H34FN7O4S/c1-35-22-24-19(18(23)20(25-22)29-7-6-28-8-9-34-13-17(28)12-29)26-27-21(32)16(11-30(33)14-31)10-15-4-2-3-5-15/h14-17,33H,2-13H2,1H3,(H,27,32)(H,24,25,26)/t16-,17+/m1/s1. The van der Waals surface area contributed by atoms with E-state index >= 15 is 4.39 Å². The quantitative estimate of drug-likeness (QED) is 0.139. The summed E-state index contributed by atoms with van der Waals surface area (Å²) in [5, 5.41) is 10.5. The highest BCUT2D eigenvalue weighted by molar-refractivity contribution is 7.98. The number of thioether (sulfide) groups is 1. The van der Waals surface area contributed by atoms with Gasteiger partial charge >= 0.3 is 0 Å². The first-order chi connectivity index (χ1) is 17.0. The minimum Gasteiger partial charge on any atom is -0.378 e. The SMILES string of the molecule is CSc1nc(NNC(=O)[C@H](CC2CCCC2)CN(O)C=O)c(F)c(N2CCN3CCOC[C@@H]3C2)n1. The summed E-state index contributed by atoms with van der Waals surface area (Å²) in [4.78, 5) is 36.7. The normalized spacial score (nSPS) is 21.9. The van der Waals surface area contributed by atoms with E-state index in [2.05, 4.69) is 25.7 Å². The van der Waals surface area contributed by atoms with Crippen LogP contribution in [0.25, 0.3) is 0 Å². The van der Waals surface area contributed by atoms with Gasteiger partial charge in [0.2, 0.25) is 18.1 Å². The number of aromatic nitrogens is 2. The number of nitrogens with zero attached hydrogens (tertiary/aromatic N) is 5. The number of rotatable bonds is 10. The Labute approximate surface area is 208 Å². The van der Waals surface area contributed by atoms with Crippen molar-refractivity contribution in [1.82, 2.24) is 25.4 Å². The smallest absolute Gasteiger partial charge is 0.243 e. The predicted molar refractivity (Wildman–Crippen MR) is 129 cm³/mol. The van der Waals surface area contributed by atoms with Gasteiger partial charge in [-0.1, -0.05) is 37.4 Å².